The van der Waals surface area contributed by atoms with E-state index < -0.39 is 5.60 Å². The molecule has 144 valence electrons. The number of aryl methyl sites for hydroxylation is 2. The number of ether oxygens (including phenoxy) is 2. The maximum absolute atomic E-state index is 12.9. The van der Waals surface area contributed by atoms with E-state index in [1.807, 2.05) is 70.2 Å². The lowest BCUT2D eigenvalue weighted by Crippen LogP contribution is -2.44. The van der Waals surface area contributed by atoms with Gasteiger partial charge < -0.3 is 14.8 Å². The maximum atomic E-state index is 12.9. The summed E-state index contributed by atoms with van der Waals surface area (Å²) in [6, 6.07) is 14.0. The van der Waals surface area contributed by atoms with Crippen LogP contribution in [0.4, 0.5) is 5.69 Å². The van der Waals surface area contributed by atoms with Crippen molar-refractivity contribution in [2.24, 2.45) is 5.92 Å². The largest absolute Gasteiger partial charge is 0.488 e. The number of anilines is 1. The molecule has 1 saturated carbocycles. The molecular formula is C23H29NO3. The van der Waals surface area contributed by atoms with E-state index in [0.29, 0.717) is 19.1 Å². The van der Waals surface area contributed by atoms with Crippen LogP contribution >= 0.6 is 0 Å². The molecule has 1 fully saturated rings. The van der Waals surface area contributed by atoms with Gasteiger partial charge in [-0.05, 0) is 75.3 Å². The van der Waals surface area contributed by atoms with Gasteiger partial charge in [-0.2, -0.15) is 0 Å². The Labute approximate surface area is 161 Å². The molecule has 0 spiro atoms. The molecule has 0 radical (unpaired) electrons. The highest BCUT2D eigenvalue weighted by molar-refractivity contribution is 5.97. The van der Waals surface area contributed by atoms with Crippen molar-refractivity contribution in [2.75, 3.05) is 11.9 Å². The number of nitrogens with one attached hydrogen (secondary N) is 1. The van der Waals surface area contributed by atoms with Gasteiger partial charge in [0.2, 0.25) is 0 Å². The van der Waals surface area contributed by atoms with Crippen LogP contribution in [-0.4, -0.2) is 18.1 Å². The van der Waals surface area contributed by atoms with Crippen LogP contribution in [0.25, 0.3) is 0 Å². The van der Waals surface area contributed by atoms with Gasteiger partial charge in [-0.1, -0.05) is 30.3 Å². The molecule has 1 N–H and O–H groups in total. The van der Waals surface area contributed by atoms with Crippen molar-refractivity contribution in [1.29, 1.82) is 0 Å². The van der Waals surface area contributed by atoms with E-state index in [1.54, 1.807) is 0 Å². The minimum absolute atomic E-state index is 0.0661. The summed E-state index contributed by atoms with van der Waals surface area (Å²) in [5, 5.41) is 3.05. The number of carbonyl (C=O) groups excluding carboxylic acids is 1. The van der Waals surface area contributed by atoms with Gasteiger partial charge in [-0.3, -0.25) is 4.79 Å². The summed E-state index contributed by atoms with van der Waals surface area (Å²) in [6.07, 6.45) is 2.10. The van der Waals surface area contributed by atoms with Crippen molar-refractivity contribution in [3.05, 3.63) is 59.2 Å². The Bertz CT molecular complexity index is 776. The third-order valence-corrected chi connectivity index (χ3v) is 5.20. The number of benzene rings is 2. The molecule has 0 aromatic heterocycles. The summed E-state index contributed by atoms with van der Waals surface area (Å²) in [4.78, 5) is 12.9. The summed E-state index contributed by atoms with van der Waals surface area (Å²) in [5.41, 5.74) is 3.18. The van der Waals surface area contributed by atoms with E-state index in [9.17, 15) is 4.79 Å². The maximum Gasteiger partial charge on any atom is 0.256 e. The van der Waals surface area contributed by atoms with Crippen LogP contribution in [0.5, 0.6) is 5.75 Å². The molecule has 2 aromatic rings. The lowest BCUT2D eigenvalue weighted by Gasteiger charge is -2.28. The Morgan fingerprint density at radius 1 is 1.15 bits per heavy atom. The van der Waals surface area contributed by atoms with Crippen molar-refractivity contribution >= 4 is 11.6 Å². The van der Waals surface area contributed by atoms with E-state index in [-0.39, 0.29) is 5.91 Å². The first-order valence-corrected chi connectivity index (χ1v) is 9.67. The minimum Gasteiger partial charge on any atom is -0.488 e. The normalized spacial score (nSPS) is 15.9. The predicted molar refractivity (Wildman–Crippen MR) is 108 cm³/mol. The molecule has 0 aliphatic heterocycles. The van der Waals surface area contributed by atoms with Crippen LogP contribution in [0.15, 0.2) is 42.5 Å². The molecule has 0 unspecified atom stereocenters. The topological polar surface area (TPSA) is 47.6 Å². The molecule has 3 rings (SSSR count). The Hall–Kier alpha value is -2.33. The monoisotopic (exact) mass is 367 g/mol. The summed E-state index contributed by atoms with van der Waals surface area (Å²) in [7, 11) is 0. The highest BCUT2D eigenvalue weighted by Crippen LogP contribution is 2.42. The van der Waals surface area contributed by atoms with Crippen molar-refractivity contribution < 1.29 is 14.3 Å². The molecular weight excluding hydrogens is 338 g/mol. The Morgan fingerprint density at radius 2 is 1.78 bits per heavy atom. The molecule has 0 heterocycles. The fourth-order valence-corrected chi connectivity index (χ4v) is 3.54. The number of hydrogen-bond acceptors (Lipinski definition) is 3. The van der Waals surface area contributed by atoms with E-state index in [4.69, 9.17) is 9.47 Å². The summed E-state index contributed by atoms with van der Waals surface area (Å²) < 4.78 is 11.9. The third kappa shape index (κ3) is 4.51. The quantitative estimate of drug-likeness (QED) is 0.712. The Balaban J connectivity index is 1.71. The second-order valence-corrected chi connectivity index (χ2v) is 7.48. The number of amides is 1. The van der Waals surface area contributed by atoms with Gasteiger partial charge in [0, 0.05) is 12.3 Å². The molecule has 1 aliphatic carbocycles. The van der Waals surface area contributed by atoms with Crippen molar-refractivity contribution in [3.63, 3.8) is 0 Å². The second-order valence-electron chi connectivity index (χ2n) is 7.48. The molecule has 0 bridgehead atoms. The fraction of sp³-hybridized carbons (Fsp3) is 0.435. The zero-order valence-corrected chi connectivity index (χ0v) is 16.7. The summed E-state index contributed by atoms with van der Waals surface area (Å²) >= 11 is 0. The van der Waals surface area contributed by atoms with Crippen LogP contribution in [0.1, 0.15) is 43.4 Å². The lowest BCUT2D eigenvalue weighted by atomic mass is 9.98. The molecule has 1 amide bonds. The molecule has 4 heteroatoms. The van der Waals surface area contributed by atoms with E-state index >= 15 is 0 Å². The zero-order valence-electron chi connectivity index (χ0n) is 16.7. The molecule has 27 heavy (non-hydrogen) atoms. The molecule has 2 aromatic carbocycles. The first kappa shape index (κ1) is 19.4. The van der Waals surface area contributed by atoms with Crippen LogP contribution in [0.3, 0.4) is 0 Å². The van der Waals surface area contributed by atoms with Gasteiger partial charge in [-0.15, -0.1) is 0 Å². The smallest absolute Gasteiger partial charge is 0.256 e. The first-order valence-electron chi connectivity index (χ1n) is 9.67. The van der Waals surface area contributed by atoms with Gasteiger partial charge >= 0.3 is 0 Å². The molecule has 4 nitrogen and oxygen atoms in total. The molecule has 1 aliphatic rings. The standard InChI is InChI=1S/C23H29NO3/c1-5-27-23(4,19-11-12-19)22(25)24-20-13-16(2)21(17(3)14-20)26-15-18-9-7-6-8-10-18/h6-10,13-14,19H,5,11-12,15H2,1-4H3,(H,24,25)/t23-/m1/s1. The van der Waals surface area contributed by atoms with Crippen molar-refractivity contribution in [2.45, 2.75) is 52.7 Å². The zero-order chi connectivity index (χ0) is 19.4. The van der Waals surface area contributed by atoms with Gasteiger partial charge in [0.15, 0.2) is 0 Å². The molecule has 1 atom stereocenters. The summed E-state index contributed by atoms with van der Waals surface area (Å²) in [6.45, 7) is 8.90. The van der Waals surface area contributed by atoms with Gasteiger partial charge in [0.1, 0.15) is 18.0 Å². The van der Waals surface area contributed by atoms with Crippen molar-refractivity contribution in [1.82, 2.24) is 0 Å². The average molecular weight is 367 g/mol. The van der Waals surface area contributed by atoms with E-state index in [2.05, 4.69) is 5.32 Å². The lowest BCUT2D eigenvalue weighted by molar-refractivity contribution is -0.141. The Kier molecular flexibility index (Phi) is 5.85. The average Bonchev–Trinajstić information content (AvgIpc) is 3.47. The Morgan fingerprint density at radius 3 is 2.33 bits per heavy atom. The summed E-state index contributed by atoms with van der Waals surface area (Å²) in [5.74, 6) is 1.11. The first-order chi connectivity index (χ1) is 12.9. The van der Waals surface area contributed by atoms with Gasteiger partial charge in [0.05, 0.1) is 0 Å². The van der Waals surface area contributed by atoms with Gasteiger partial charge in [-0.25, -0.2) is 0 Å². The highest BCUT2D eigenvalue weighted by Gasteiger charge is 2.48. The fourth-order valence-electron chi connectivity index (χ4n) is 3.54. The van der Waals surface area contributed by atoms with Crippen LogP contribution in [0.2, 0.25) is 0 Å². The number of hydrogen-bond donors (Lipinski definition) is 1. The SMILES string of the molecule is CCO[C@@](C)(C(=O)Nc1cc(C)c(OCc2ccccc2)c(C)c1)C1CC1. The number of rotatable bonds is 8. The van der Waals surface area contributed by atoms with E-state index in [1.165, 1.54) is 0 Å². The number of carbonyl (C=O) groups is 1. The van der Waals surface area contributed by atoms with Crippen LogP contribution in [-0.2, 0) is 16.1 Å². The second kappa shape index (κ2) is 8.13. The van der Waals surface area contributed by atoms with Crippen LogP contribution in [0, 0.1) is 19.8 Å². The van der Waals surface area contributed by atoms with Crippen molar-refractivity contribution in [3.8, 4) is 5.75 Å². The highest BCUT2D eigenvalue weighted by atomic mass is 16.5. The molecule has 0 saturated heterocycles. The van der Waals surface area contributed by atoms with Gasteiger partial charge in [0.25, 0.3) is 5.91 Å². The van der Waals surface area contributed by atoms with E-state index in [0.717, 1.165) is 41.0 Å². The predicted octanol–water partition coefficient (Wildman–Crippen LogP) is 5.03. The third-order valence-electron chi connectivity index (χ3n) is 5.20. The minimum atomic E-state index is -0.751. The van der Waals surface area contributed by atoms with Crippen LogP contribution < -0.4 is 10.1 Å².